The van der Waals surface area contributed by atoms with Crippen LogP contribution >= 0.6 is 0 Å². The van der Waals surface area contributed by atoms with E-state index in [-0.39, 0.29) is 5.78 Å². The van der Waals surface area contributed by atoms with Crippen molar-refractivity contribution in [1.29, 1.82) is 0 Å². The van der Waals surface area contributed by atoms with E-state index in [9.17, 15) is 4.79 Å². The molecule has 2 rings (SSSR count). The second kappa shape index (κ2) is 6.19. The molecular formula is C17H18O2. The maximum atomic E-state index is 12.1. The summed E-state index contributed by atoms with van der Waals surface area (Å²) in [4.78, 5) is 12.1. The number of aryl methyl sites for hydroxylation is 1. The third kappa shape index (κ3) is 3.95. The Kier molecular flexibility index (Phi) is 4.35. The van der Waals surface area contributed by atoms with Crippen LogP contribution in [0.5, 0.6) is 5.75 Å². The Bertz CT molecular complexity index is 529. The number of ketones is 1. The van der Waals surface area contributed by atoms with E-state index in [0.717, 1.165) is 11.3 Å². The molecule has 0 aliphatic rings. The Hall–Kier alpha value is -2.09. The van der Waals surface area contributed by atoms with Gasteiger partial charge < -0.3 is 4.74 Å². The first-order chi connectivity index (χ1) is 9.15. The van der Waals surface area contributed by atoms with Crippen molar-refractivity contribution < 1.29 is 9.53 Å². The van der Waals surface area contributed by atoms with E-state index in [1.165, 1.54) is 5.56 Å². The standard InChI is InChI=1S/C17H18O2/c1-13-8-10-15(11-9-13)12-17(18)14(2)19-16-6-4-3-5-7-16/h3-11,14H,12H2,1-2H3. The highest BCUT2D eigenvalue weighted by Gasteiger charge is 2.14. The van der Waals surface area contributed by atoms with Gasteiger partial charge in [0, 0.05) is 6.42 Å². The molecule has 2 aromatic carbocycles. The first-order valence-corrected chi connectivity index (χ1v) is 6.45. The van der Waals surface area contributed by atoms with Crippen molar-refractivity contribution in [2.75, 3.05) is 0 Å². The number of carbonyl (C=O) groups excluding carboxylic acids is 1. The molecule has 0 radical (unpaired) electrons. The van der Waals surface area contributed by atoms with Crippen LogP contribution in [0.1, 0.15) is 18.1 Å². The predicted octanol–water partition coefficient (Wildman–Crippen LogP) is 3.57. The lowest BCUT2D eigenvalue weighted by molar-refractivity contribution is -0.124. The van der Waals surface area contributed by atoms with Crippen LogP contribution in [-0.2, 0) is 11.2 Å². The molecule has 0 N–H and O–H groups in total. The molecule has 2 nitrogen and oxygen atoms in total. The van der Waals surface area contributed by atoms with Gasteiger partial charge in [-0.05, 0) is 31.5 Å². The largest absolute Gasteiger partial charge is 0.483 e. The van der Waals surface area contributed by atoms with Gasteiger partial charge in [-0.3, -0.25) is 4.79 Å². The lowest BCUT2D eigenvalue weighted by atomic mass is 10.0. The fraction of sp³-hybridized carbons (Fsp3) is 0.235. The lowest BCUT2D eigenvalue weighted by Crippen LogP contribution is -2.25. The zero-order valence-corrected chi connectivity index (χ0v) is 11.3. The fourth-order valence-corrected chi connectivity index (χ4v) is 1.82. The second-order valence-corrected chi connectivity index (χ2v) is 4.70. The van der Waals surface area contributed by atoms with Crippen LogP contribution in [0.15, 0.2) is 54.6 Å². The van der Waals surface area contributed by atoms with Gasteiger partial charge in [0.2, 0.25) is 0 Å². The van der Waals surface area contributed by atoms with Crippen molar-refractivity contribution in [1.82, 2.24) is 0 Å². The van der Waals surface area contributed by atoms with Crippen LogP contribution in [0.25, 0.3) is 0 Å². The first-order valence-electron chi connectivity index (χ1n) is 6.45. The van der Waals surface area contributed by atoms with E-state index in [4.69, 9.17) is 4.74 Å². The Labute approximate surface area is 114 Å². The number of hydrogen-bond donors (Lipinski definition) is 0. The minimum atomic E-state index is -0.427. The molecule has 0 aromatic heterocycles. The average molecular weight is 254 g/mol. The average Bonchev–Trinajstić information content (AvgIpc) is 2.42. The van der Waals surface area contributed by atoms with Crippen molar-refractivity contribution >= 4 is 5.78 Å². The summed E-state index contributed by atoms with van der Waals surface area (Å²) < 4.78 is 5.62. The number of ether oxygens (including phenoxy) is 1. The highest BCUT2D eigenvalue weighted by molar-refractivity contribution is 5.85. The van der Waals surface area contributed by atoms with Crippen molar-refractivity contribution in [3.05, 3.63) is 65.7 Å². The Morgan fingerprint density at radius 1 is 1.05 bits per heavy atom. The zero-order valence-electron chi connectivity index (χ0n) is 11.3. The molecule has 1 unspecified atom stereocenters. The Morgan fingerprint density at radius 3 is 2.32 bits per heavy atom. The van der Waals surface area contributed by atoms with Gasteiger partial charge in [-0.1, -0.05) is 48.0 Å². The van der Waals surface area contributed by atoms with Crippen LogP contribution in [0.3, 0.4) is 0 Å². The molecule has 0 amide bonds. The van der Waals surface area contributed by atoms with E-state index in [1.54, 1.807) is 6.92 Å². The molecule has 0 bridgehead atoms. The summed E-state index contributed by atoms with van der Waals surface area (Å²) in [5.41, 5.74) is 2.23. The fourth-order valence-electron chi connectivity index (χ4n) is 1.82. The molecule has 0 spiro atoms. The van der Waals surface area contributed by atoms with Crippen molar-refractivity contribution in [2.24, 2.45) is 0 Å². The summed E-state index contributed by atoms with van der Waals surface area (Å²) in [6, 6.07) is 17.4. The number of para-hydroxylation sites is 1. The monoisotopic (exact) mass is 254 g/mol. The molecule has 1 atom stereocenters. The van der Waals surface area contributed by atoms with Gasteiger partial charge in [0.25, 0.3) is 0 Å². The minimum absolute atomic E-state index is 0.0905. The van der Waals surface area contributed by atoms with Gasteiger partial charge in [-0.15, -0.1) is 0 Å². The summed E-state index contributed by atoms with van der Waals surface area (Å²) in [6.45, 7) is 3.83. The molecule has 0 fully saturated rings. The maximum Gasteiger partial charge on any atom is 0.177 e. The molecule has 0 saturated carbocycles. The molecular weight excluding hydrogens is 236 g/mol. The van der Waals surface area contributed by atoms with E-state index in [1.807, 2.05) is 61.5 Å². The van der Waals surface area contributed by atoms with Gasteiger partial charge in [-0.2, -0.15) is 0 Å². The first kappa shape index (κ1) is 13.3. The molecule has 0 saturated heterocycles. The number of carbonyl (C=O) groups is 1. The number of rotatable bonds is 5. The number of hydrogen-bond acceptors (Lipinski definition) is 2. The summed E-state index contributed by atoms with van der Waals surface area (Å²) in [5.74, 6) is 0.819. The van der Waals surface area contributed by atoms with E-state index >= 15 is 0 Å². The van der Waals surface area contributed by atoms with Gasteiger partial charge in [0.1, 0.15) is 5.75 Å². The summed E-state index contributed by atoms with van der Waals surface area (Å²) >= 11 is 0. The van der Waals surface area contributed by atoms with Crippen molar-refractivity contribution in [2.45, 2.75) is 26.4 Å². The van der Waals surface area contributed by atoms with Gasteiger partial charge in [0.05, 0.1) is 0 Å². The number of benzene rings is 2. The topological polar surface area (TPSA) is 26.3 Å². The van der Waals surface area contributed by atoms with E-state index < -0.39 is 6.10 Å². The Balaban J connectivity index is 1.94. The van der Waals surface area contributed by atoms with Crippen LogP contribution in [-0.4, -0.2) is 11.9 Å². The van der Waals surface area contributed by atoms with Crippen LogP contribution in [0, 0.1) is 6.92 Å². The maximum absolute atomic E-state index is 12.1. The summed E-state index contributed by atoms with van der Waals surface area (Å²) in [5, 5.41) is 0. The van der Waals surface area contributed by atoms with Crippen molar-refractivity contribution in [3.63, 3.8) is 0 Å². The minimum Gasteiger partial charge on any atom is -0.483 e. The lowest BCUT2D eigenvalue weighted by Gasteiger charge is -2.13. The molecule has 0 aliphatic heterocycles. The highest BCUT2D eigenvalue weighted by Crippen LogP contribution is 2.13. The number of Topliss-reactive ketones (excluding diaryl/α,β-unsaturated/α-hetero) is 1. The molecule has 19 heavy (non-hydrogen) atoms. The molecule has 0 aliphatic carbocycles. The zero-order chi connectivity index (χ0) is 13.7. The Morgan fingerprint density at radius 2 is 1.68 bits per heavy atom. The van der Waals surface area contributed by atoms with Crippen LogP contribution in [0.4, 0.5) is 0 Å². The smallest absolute Gasteiger partial charge is 0.177 e. The third-order valence-corrected chi connectivity index (χ3v) is 3.01. The quantitative estimate of drug-likeness (QED) is 0.815. The summed E-state index contributed by atoms with van der Waals surface area (Å²) in [6.07, 6.45) is -0.0161. The highest BCUT2D eigenvalue weighted by atomic mass is 16.5. The third-order valence-electron chi connectivity index (χ3n) is 3.01. The normalized spacial score (nSPS) is 11.9. The van der Waals surface area contributed by atoms with Crippen LogP contribution in [0.2, 0.25) is 0 Å². The molecule has 0 heterocycles. The second-order valence-electron chi connectivity index (χ2n) is 4.70. The van der Waals surface area contributed by atoms with Gasteiger partial charge >= 0.3 is 0 Å². The molecule has 2 aromatic rings. The van der Waals surface area contributed by atoms with Gasteiger partial charge in [0.15, 0.2) is 11.9 Å². The predicted molar refractivity (Wildman–Crippen MR) is 76.4 cm³/mol. The van der Waals surface area contributed by atoms with E-state index in [0.29, 0.717) is 6.42 Å². The van der Waals surface area contributed by atoms with E-state index in [2.05, 4.69) is 0 Å². The van der Waals surface area contributed by atoms with Crippen molar-refractivity contribution in [3.8, 4) is 5.75 Å². The van der Waals surface area contributed by atoms with Gasteiger partial charge in [-0.25, -0.2) is 0 Å². The van der Waals surface area contributed by atoms with Crippen LogP contribution < -0.4 is 4.74 Å². The molecule has 2 heteroatoms. The SMILES string of the molecule is Cc1ccc(CC(=O)C(C)Oc2ccccc2)cc1. The summed E-state index contributed by atoms with van der Waals surface area (Å²) in [7, 11) is 0. The molecule has 98 valence electrons.